The normalized spacial score (nSPS) is 14.1. The van der Waals surface area contributed by atoms with Gasteiger partial charge in [0.1, 0.15) is 0 Å². The Kier molecular flexibility index (Phi) is 4.51. The van der Waals surface area contributed by atoms with E-state index in [1.54, 1.807) is 0 Å². The lowest BCUT2D eigenvalue weighted by atomic mass is 9.77. The lowest BCUT2D eigenvalue weighted by molar-refractivity contribution is 0.481. The predicted molar refractivity (Wildman–Crippen MR) is 83.0 cm³/mol. The molecule has 0 radical (unpaired) electrons. The summed E-state index contributed by atoms with van der Waals surface area (Å²) in [6.07, 6.45) is 0.838. The highest BCUT2D eigenvalue weighted by atomic mass is 35.5. The molecule has 1 nitrogen and oxygen atoms in total. The molecule has 0 fully saturated rings. The third-order valence-electron chi connectivity index (χ3n) is 3.48. The minimum Gasteiger partial charge on any atom is -0.330 e. The van der Waals surface area contributed by atoms with Crippen LogP contribution in [0.1, 0.15) is 18.1 Å². The van der Waals surface area contributed by atoms with Crippen LogP contribution in [0.5, 0.6) is 0 Å². The van der Waals surface area contributed by atoms with Crippen molar-refractivity contribution in [2.75, 3.05) is 6.54 Å². The van der Waals surface area contributed by atoms with Gasteiger partial charge < -0.3 is 5.73 Å². The summed E-state index contributed by atoms with van der Waals surface area (Å²) in [7, 11) is 0. The van der Waals surface area contributed by atoms with Gasteiger partial charge in [-0.05, 0) is 35.7 Å². The fraction of sp³-hybridized carbons (Fsp3) is 0.250. The molecule has 0 aliphatic rings. The molecule has 0 aromatic heterocycles. The first-order valence-corrected chi connectivity index (χ1v) is 7.00. The van der Waals surface area contributed by atoms with E-state index in [9.17, 15) is 0 Å². The summed E-state index contributed by atoms with van der Waals surface area (Å²) in [5.41, 5.74) is 8.12. The third kappa shape index (κ3) is 3.30. The van der Waals surface area contributed by atoms with Crippen molar-refractivity contribution in [2.45, 2.75) is 18.8 Å². The van der Waals surface area contributed by atoms with E-state index in [0.29, 0.717) is 6.54 Å². The minimum atomic E-state index is -0.174. The van der Waals surface area contributed by atoms with Crippen molar-refractivity contribution in [3.05, 3.63) is 69.7 Å². The molecule has 0 saturated carbocycles. The summed E-state index contributed by atoms with van der Waals surface area (Å²) < 4.78 is 0. The lowest BCUT2D eigenvalue weighted by Gasteiger charge is -2.29. The van der Waals surface area contributed by atoms with E-state index in [1.165, 1.54) is 5.56 Å². The van der Waals surface area contributed by atoms with Crippen molar-refractivity contribution >= 4 is 23.2 Å². The second-order valence-electron chi connectivity index (χ2n) is 5.05. The van der Waals surface area contributed by atoms with Gasteiger partial charge in [0.25, 0.3) is 0 Å². The monoisotopic (exact) mass is 293 g/mol. The number of nitrogens with two attached hydrogens (primary N) is 1. The van der Waals surface area contributed by atoms with Crippen LogP contribution in [0, 0.1) is 0 Å². The van der Waals surface area contributed by atoms with Crippen LogP contribution in [0.15, 0.2) is 48.5 Å². The Morgan fingerprint density at radius 1 is 1.00 bits per heavy atom. The summed E-state index contributed by atoms with van der Waals surface area (Å²) in [5, 5.41) is 1.51. The van der Waals surface area contributed by atoms with Gasteiger partial charge >= 0.3 is 0 Å². The van der Waals surface area contributed by atoms with E-state index in [1.807, 2.05) is 48.5 Å². The summed E-state index contributed by atoms with van der Waals surface area (Å²) in [4.78, 5) is 0. The SMILES string of the molecule is CC(CN)(Cc1ccc(Cl)cc1)c1ccccc1Cl. The van der Waals surface area contributed by atoms with E-state index in [-0.39, 0.29) is 5.41 Å². The zero-order chi connectivity index (χ0) is 13.9. The van der Waals surface area contributed by atoms with Crippen LogP contribution in [0.4, 0.5) is 0 Å². The van der Waals surface area contributed by atoms with E-state index in [0.717, 1.165) is 22.0 Å². The van der Waals surface area contributed by atoms with Gasteiger partial charge in [-0.1, -0.05) is 60.5 Å². The summed E-state index contributed by atoms with van der Waals surface area (Å²) in [5.74, 6) is 0. The Labute approximate surface area is 124 Å². The smallest absolute Gasteiger partial charge is 0.0444 e. The maximum Gasteiger partial charge on any atom is 0.0444 e. The first kappa shape index (κ1) is 14.4. The maximum absolute atomic E-state index is 6.30. The van der Waals surface area contributed by atoms with Crippen LogP contribution in [-0.4, -0.2) is 6.54 Å². The number of rotatable bonds is 4. The van der Waals surface area contributed by atoms with Crippen molar-refractivity contribution in [1.82, 2.24) is 0 Å². The molecule has 2 N–H and O–H groups in total. The van der Waals surface area contributed by atoms with Gasteiger partial charge in [0, 0.05) is 22.0 Å². The molecule has 0 amide bonds. The molecule has 2 aromatic rings. The van der Waals surface area contributed by atoms with E-state index < -0.39 is 0 Å². The van der Waals surface area contributed by atoms with Gasteiger partial charge in [0.2, 0.25) is 0 Å². The summed E-state index contributed by atoms with van der Waals surface area (Å²) >= 11 is 12.2. The Balaban J connectivity index is 2.33. The molecule has 3 heteroatoms. The van der Waals surface area contributed by atoms with Gasteiger partial charge in [-0.3, -0.25) is 0 Å². The average molecular weight is 294 g/mol. The second kappa shape index (κ2) is 5.96. The number of benzene rings is 2. The highest BCUT2D eigenvalue weighted by Gasteiger charge is 2.27. The predicted octanol–water partition coefficient (Wildman–Crippen LogP) is 4.45. The van der Waals surface area contributed by atoms with Crippen molar-refractivity contribution in [1.29, 1.82) is 0 Å². The topological polar surface area (TPSA) is 26.0 Å². The van der Waals surface area contributed by atoms with Gasteiger partial charge in [0.05, 0.1) is 0 Å². The fourth-order valence-corrected chi connectivity index (χ4v) is 2.77. The Bertz CT molecular complexity index is 551. The molecule has 0 aliphatic heterocycles. The van der Waals surface area contributed by atoms with Crippen LogP contribution < -0.4 is 5.73 Å². The lowest BCUT2D eigenvalue weighted by Crippen LogP contribution is -2.34. The Morgan fingerprint density at radius 2 is 1.63 bits per heavy atom. The zero-order valence-electron chi connectivity index (χ0n) is 10.9. The molecule has 0 bridgehead atoms. The zero-order valence-corrected chi connectivity index (χ0v) is 12.4. The fourth-order valence-electron chi connectivity index (χ4n) is 2.28. The molecule has 2 aromatic carbocycles. The third-order valence-corrected chi connectivity index (χ3v) is 4.06. The molecular weight excluding hydrogens is 277 g/mol. The van der Waals surface area contributed by atoms with Gasteiger partial charge in [-0.2, -0.15) is 0 Å². The Morgan fingerprint density at radius 3 is 2.21 bits per heavy atom. The number of hydrogen-bond donors (Lipinski definition) is 1. The van der Waals surface area contributed by atoms with Gasteiger partial charge in [0.15, 0.2) is 0 Å². The van der Waals surface area contributed by atoms with Crippen molar-refractivity contribution in [2.24, 2.45) is 5.73 Å². The molecular formula is C16H17Cl2N. The van der Waals surface area contributed by atoms with Crippen LogP contribution in [-0.2, 0) is 11.8 Å². The van der Waals surface area contributed by atoms with Crippen LogP contribution in [0.3, 0.4) is 0 Å². The van der Waals surface area contributed by atoms with E-state index in [4.69, 9.17) is 28.9 Å². The summed E-state index contributed by atoms with van der Waals surface area (Å²) in [6.45, 7) is 2.68. The molecule has 100 valence electrons. The molecule has 2 rings (SSSR count). The van der Waals surface area contributed by atoms with Crippen molar-refractivity contribution in [3.63, 3.8) is 0 Å². The average Bonchev–Trinajstić information content (AvgIpc) is 2.42. The molecule has 0 spiro atoms. The quantitative estimate of drug-likeness (QED) is 0.885. The Hall–Kier alpha value is -1.02. The molecule has 1 atom stereocenters. The maximum atomic E-state index is 6.30. The molecule has 19 heavy (non-hydrogen) atoms. The first-order chi connectivity index (χ1) is 9.05. The number of halogens is 2. The summed E-state index contributed by atoms with van der Waals surface area (Å²) in [6, 6.07) is 15.8. The standard InChI is InChI=1S/C16H17Cl2N/c1-16(11-19,14-4-2-3-5-15(14)18)10-12-6-8-13(17)9-7-12/h2-9H,10-11,19H2,1H3. The van der Waals surface area contributed by atoms with Crippen molar-refractivity contribution < 1.29 is 0 Å². The minimum absolute atomic E-state index is 0.174. The van der Waals surface area contributed by atoms with Gasteiger partial charge in [-0.25, -0.2) is 0 Å². The number of hydrogen-bond acceptors (Lipinski definition) is 1. The van der Waals surface area contributed by atoms with Crippen LogP contribution in [0.25, 0.3) is 0 Å². The molecule has 0 saturated heterocycles. The van der Waals surface area contributed by atoms with E-state index >= 15 is 0 Å². The van der Waals surface area contributed by atoms with Crippen LogP contribution >= 0.6 is 23.2 Å². The second-order valence-corrected chi connectivity index (χ2v) is 5.89. The highest BCUT2D eigenvalue weighted by Crippen LogP contribution is 2.32. The molecule has 0 heterocycles. The van der Waals surface area contributed by atoms with Crippen molar-refractivity contribution in [3.8, 4) is 0 Å². The first-order valence-electron chi connectivity index (χ1n) is 6.25. The molecule has 0 aliphatic carbocycles. The highest BCUT2D eigenvalue weighted by molar-refractivity contribution is 6.31. The van der Waals surface area contributed by atoms with Crippen LogP contribution in [0.2, 0.25) is 10.0 Å². The molecule has 1 unspecified atom stereocenters. The van der Waals surface area contributed by atoms with E-state index in [2.05, 4.69) is 6.92 Å². The van der Waals surface area contributed by atoms with Gasteiger partial charge in [-0.15, -0.1) is 0 Å². The largest absolute Gasteiger partial charge is 0.330 e.